The zero-order valence-electron chi connectivity index (χ0n) is 15.5. The molecule has 0 radical (unpaired) electrons. The number of rotatable bonds is 5. The molecule has 0 bridgehead atoms. The van der Waals surface area contributed by atoms with Gasteiger partial charge in [-0.2, -0.15) is 4.80 Å². The molecule has 3 atom stereocenters. The maximum atomic E-state index is 12.3. The van der Waals surface area contributed by atoms with E-state index in [1.54, 1.807) is 37.3 Å². The number of nitrogens with zero attached hydrogens (tertiary/aromatic N) is 5. The molecule has 11 heteroatoms. The molecule has 0 saturated carbocycles. The number of aromatic nitrogens is 6. The summed E-state index contributed by atoms with van der Waals surface area (Å²) < 4.78 is 12.7. The first-order valence-electron chi connectivity index (χ1n) is 8.95. The summed E-state index contributed by atoms with van der Waals surface area (Å²) in [5.74, 6) is -0.486. The highest BCUT2D eigenvalue weighted by atomic mass is 16.6. The minimum absolute atomic E-state index is 0.0620. The third-order valence-electron chi connectivity index (χ3n) is 4.71. The third-order valence-corrected chi connectivity index (χ3v) is 4.71. The fraction of sp³-hybridized carbons (Fsp3) is 0.333. The summed E-state index contributed by atoms with van der Waals surface area (Å²) >= 11 is 0. The number of aryl methyl sites for hydroxylation is 1. The zero-order chi connectivity index (χ0) is 20.4. The molecule has 3 aromatic rings. The molecule has 3 heterocycles. The number of benzene rings is 1. The third kappa shape index (κ3) is 3.85. The number of nitrogens with one attached hydrogen (secondary N) is 1. The van der Waals surface area contributed by atoms with E-state index in [2.05, 4.69) is 20.4 Å². The zero-order valence-corrected chi connectivity index (χ0v) is 15.5. The van der Waals surface area contributed by atoms with E-state index >= 15 is 0 Å². The molecular formula is C18H18N6O5. The normalized spacial score (nSPS) is 21.2. The second-order valence-corrected chi connectivity index (χ2v) is 6.63. The van der Waals surface area contributed by atoms with Crippen LogP contribution in [0.25, 0.3) is 0 Å². The Kier molecular flexibility index (Phi) is 5.04. The van der Waals surface area contributed by atoms with Crippen LogP contribution in [-0.2, 0) is 9.47 Å². The quantitative estimate of drug-likeness (QED) is 0.603. The van der Waals surface area contributed by atoms with Crippen molar-refractivity contribution < 1.29 is 14.3 Å². The highest BCUT2D eigenvalue weighted by Crippen LogP contribution is 2.35. The van der Waals surface area contributed by atoms with Crippen molar-refractivity contribution in [1.82, 2.24) is 29.8 Å². The van der Waals surface area contributed by atoms with Gasteiger partial charge in [0, 0.05) is 18.2 Å². The Morgan fingerprint density at radius 3 is 2.83 bits per heavy atom. The maximum absolute atomic E-state index is 12.3. The number of carbonyl (C=O) groups excluding carboxylic acids is 1. The van der Waals surface area contributed by atoms with E-state index in [4.69, 9.17) is 9.47 Å². The Morgan fingerprint density at radius 2 is 2.10 bits per heavy atom. The van der Waals surface area contributed by atoms with Crippen LogP contribution < -0.4 is 11.2 Å². The summed E-state index contributed by atoms with van der Waals surface area (Å²) in [4.78, 5) is 39.7. The maximum Gasteiger partial charge on any atom is 0.338 e. The molecule has 0 unspecified atom stereocenters. The fourth-order valence-electron chi connectivity index (χ4n) is 3.22. The van der Waals surface area contributed by atoms with E-state index in [-0.39, 0.29) is 6.61 Å². The number of aromatic amines is 1. The Labute approximate surface area is 163 Å². The summed E-state index contributed by atoms with van der Waals surface area (Å²) in [7, 11) is 0. The van der Waals surface area contributed by atoms with Crippen LogP contribution in [-0.4, -0.2) is 48.4 Å². The minimum Gasteiger partial charge on any atom is -0.459 e. The van der Waals surface area contributed by atoms with Crippen molar-refractivity contribution in [3.63, 3.8) is 0 Å². The monoisotopic (exact) mass is 398 g/mol. The molecule has 1 fully saturated rings. The van der Waals surface area contributed by atoms with Crippen molar-refractivity contribution in [2.75, 3.05) is 6.61 Å². The number of ether oxygens (including phenoxy) is 2. The Hall–Kier alpha value is -3.60. The van der Waals surface area contributed by atoms with Crippen LogP contribution in [0.15, 0.2) is 52.4 Å². The van der Waals surface area contributed by atoms with Crippen molar-refractivity contribution in [2.45, 2.75) is 31.7 Å². The van der Waals surface area contributed by atoms with E-state index in [0.717, 1.165) is 0 Å². The molecule has 1 aliphatic rings. The number of tetrazole rings is 1. The molecule has 4 rings (SSSR count). The SMILES string of the molecule is Cc1cn([C@H]2C[C@H](n3ncnn3)[C@@H](COC(=O)c3ccccc3)O2)c(=O)[nH]c1=O. The molecule has 29 heavy (non-hydrogen) atoms. The van der Waals surface area contributed by atoms with Crippen LogP contribution >= 0.6 is 0 Å². The molecule has 0 spiro atoms. The van der Waals surface area contributed by atoms with Crippen molar-refractivity contribution in [1.29, 1.82) is 0 Å². The van der Waals surface area contributed by atoms with Crippen molar-refractivity contribution in [3.05, 3.63) is 74.8 Å². The Bertz CT molecular complexity index is 1110. The summed E-state index contributed by atoms with van der Waals surface area (Å²) in [6.07, 6.45) is 1.76. The lowest BCUT2D eigenvalue weighted by Gasteiger charge is -2.17. The second-order valence-electron chi connectivity index (χ2n) is 6.63. The second kappa shape index (κ2) is 7.80. The van der Waals surface area contributed by atoms with Crippen molar-refractivity contribution in [2.24, 2.45) is 0 Å². The van der Waals surface area contributed by atoms with E-state index in [1.165, 1.54) is 21.9 Å². The molecule has 1 N–H and O–H groups in total. The summed E-state index contributed by atoms with van der Waals surface area (Å²) in [6.45, 7) is 1.53. The van der Waals surface area contributed by atoms with Gasteiger partial charge in [-0.25, -0.2) is 9.59 Å². The van der Waals surface area contributed by atoms with E-state index < -0.39 is 35.6 Å². The van der Waals surface area contributed by atoms with Crippen molar-refractivity contribution >= 4 is 5.97 Å². The van der Waals surface area contributed by atoms with Crippen LogP contribution in [0.1, 0.15) is 34.6 Å². The lowest BCUT2D eigenvalue weighted by atomic mass is 10.1. The number of hydrogen-bond acceptors (Lipinski definition) is 8. The van der Waals surface area contributed by atoms with Crippen LogP contribution in [0.5, 0.6) is 0 Å². The van der Waals surface area contributed by atoms with Crippen molar-refractivity contribution in [3.8, 4) is 0 Å². The van der Waals surface area contributed by atoms with Gasteiger partial charge in [-0.15, -0.1) is 10.2 Å². The summed E-state index contributed by atoms with van der Waals surface area (Å²) in [5, 5.41) is 11.7. The molecule has 2 aromatic heterocycles. The fourth-order valence-corrected chi connectivity index (χ4v) is 3.22. The van der Waals surface area contributed by atoms with Gasteiger partial charge in [0.2, 0.25) is 0 Å². The first kappa shape index (κ1) is 18.7. The Balaban J connectivity index is 1.55. The van der Waals surface area contributed by atoms with Gasteiger partial charge in [0.15, 0.2) is 6.33 Å². The lowest BCUT2D eigenvalue weighted by molar-refractivity contribution is -0.0419. The van der Waals surface area contributed by atoms with Crippen LogP contribution in [0.3, 0.4) is 0 Å². The number of H-pyrrole nitrogens is 1. The molecule has 0 aliphatic carbocycles. The van der Waals surface area contributed by atoms with E-state index in [0.29, 0.717) is 17.5 Å². The lowest BCUT2D eigenvalue weighted by Crippen LogP contribution is -2.33. The molecule has 1 aromatic carbocycles. The molecule has 1 aliphatic heterocycles. The number of hydrogen-bond donors (Lipinski definition) is 1. The minimum atomic E-state index is -0.686. The topological polar surface area (TPSA) is 134 Å². The van der Waals surface area contributed by atoms with Gasteiger partial charge in [0.25, 0.3) is 5.56 Å². The van der Waals surface area contributed by atoms with Crippen LogP contribution in [0.2, 0.25) is 0 Å². The van der Waals surface area contributed by atoms with Gasteiger partial charge in [0.1, 0.15) is 25.0 Å². The number of carbonyl (C=O) groups is 1. The van der Waals surface area contributed by atoms with E-state index in [1.807, 2.05) is 0 Å². The summed E-state index contributed by atoms with van der Waals surface area (Å²) in [5.41, 5.74) is -0.238. The predicted molar refractivity (Wildman–Crippen MR) is 98.2 cm³/mol. The molecule has 0 amide bonds. The molecule has 150 valence electrons. The van der Waals surface area contributed by atoms with Crippen LogP contribution in [0, 0.1) is 6.92 Å². The van der Waals surface area contributed by atoms with Gasteiger partial charge in [-0.1, -0.05) is 18.2 Å². The van der Waals surface area contributed by atoms with Crippen LogP contribution in [0.4, 0.5) is 0 Å². The van der Waals surface area contributed by atoms with E-state index in [9.17, 15) is 14.4 Å². The van der Waals surface area contributed by atoms with Gasteiger partial charge in [-0.3, -0.25) is 14.3 Å². The largest absolute Gasteiger partial charge is 0.459 e. The summed E-state index contributed by atoms with van der Waals surface area (Å²) in [6, 6.07) is 8.18. The Morgan fingerprint density at radius 1 is 1.31 bits per heavy atom. The standard InChI is InChI=1S/C18H18N6O5/c1-11-8-23(18(27)21-16(11)25)15-7-13(24-20-10-19-22-24)14(29-15)9-28-17(26)12-5-3-2-4-6-12/h2-6,8,10,13-15H,7,9H2,1H3,(H,21,25,27)/t13-,14+,15+/m0/s1. The first-order chi connectivity index (χ1) is 14.0. The number of esters is 1. The van der Waals surface area contributed by atoms with Gasteiger partial charge < -0.3 is 9.47 Å². The van der Waals surface area contributed by atoms with Gasteiger partial charge >= 0.3 is 11.7 Å². The smallest absolute Gasteiger partial charge is 0.338 e. The highest BCUT2D eigenvalue weighted by Gasteiger charge is 2.40. The highest BCUT2D eigenvalue weighted by molar-refractivity contribution is 5.89. The molecular weight excluding hydrogens is 380 g/mol. The average molecular weight is 398 g/mol. The first-order valence-corrected chi connectivity index (χ1v) is 8.95. The van der Waals surface area contributed by atoms with Gasteiger partial charge in [-0.05, 0) is 24.3 Å². The van der Waals surface area contributed by atoms with Gasteiger partial charge in [0.05, 0.1) is 5.56 Å². The molecule has 11 nitrogen and oxygen atoms in total. The predicted octanol–water partition coefficient (Wildman–Crippen LogP) is 0.217. The molecule has 1 saturated heterocycles. The average Bonchev–Trinajstić information content (AvgIpc) is 3.39.